The standard InChI is InChI=1S/C10H18N4/c1-13-6-4-9(8-13)11-7-10-3-5-12-14(10)2/h3,5,9,11H,4,6-8H2,1-2H3. The molecule has 1 aliphatic heterocycles. The molecule has 1 aromatic rings. The third kappa shape index (κ3) is 2.13. The van der Waals surface area contributed by atoms with Gasteiger partial charge in [0.1, 0.15) is 0 Å². The lowest BCUT2D eigenvalue weighted by molar-refractivity contribution is 0.396. The maximum atomic E-state index is 4.14. The van der Waals surface area contributed by atoms with Crippen LogP contribution >= 0.6 is 0 Å². The topological polar surface area (TPSA) is 33.1 Å². The molecular formula is C10H18N4. The van der Waals surface area contributed by atoms with E-state index < -0.39 is 0 Å². The SMILES string of the molecule is CN1CCC(NCc2ccnn2C)C1. The van der Waals surface area contributed by atoms with E-state index in [1.54, 1.807) is 0 Å². The summed E-state index contributed by atoms with van der Waals surface area (Å²) in [5.41, 5.74) is 1.25. The first-order valence-corrected chi connectivity index (χ1v) is 5.14. The lowest BCUT2D eigenvalue weighted by atomic mass is 10.2. The van der Waals surface area contributed by atoms with Crippen molar-refractivity contribution in [3.05, 3.63) is 18.0 Å². The molecule has 78 valence electrons. The molecule has 2 rings (SSSR count). The van der Waals surface area contributed by atoms with Crippen LogP contribution in [0, 0.1) is 0 Å². The van der Waals surface area contributed by atoms with Gasteiger partial charge in [0.25, 0.3) is 0 Å². The van der Waals surface area contributed by atoms with E-state index in [4.69, 9.17) is 0 Å². The summed E-state index contributed by atoms with van der Waals surface area (Å²) in [7, 11) is 4.16. The average molecular weight is 194 g/mol. The molecule has 4 heteroatoms. The highest BCUT2D eigenvalue weighted by atomic mass is 15.3. The van der Waals surface area contributed by atoms with E-state index in [2.05, 4.69) is 28.4 Å². The van der Waals surface area contributed by atoms with E-state index in [0.29, 0.717) is 6.04 Å². The largest absolute Gasteiger partial charge is 0.307 e. The molecule has 0 amide bonds. The molecule has 1 unspecified atom stereocenters. The maximum Gasteiger partial charge on any atom is 0.0518 e. The highest BCUT2D eigenvalue weighted by Crippen LogP contribution is 2.07. The summed E-state index contributed by atoms with van der Waals surface area (Å²) in [6.45, 7) is 3.30. The van der Waals surface area contributed by atoms with Gasteiger partial charge in [-0.3, -0.25) is 4.68 Å². The number of hydrogen-bond donors (Lipinski definition) is 1. The van der Waals surface area contributed by atoms with Crippen molar-refractivity contribution in [1.29, 1.82) is 0 Å². The average Bonchev–Trinajstić information content (AvgIpc) is 2.72. The fourth-order valence-electron chi connectivity index (χ4n) is 1.93. The van der Waals surface area contributed by atoms with Crippen molar-refractivity contribution in [2.75, 3.05) is 20.1 Å². The molecule has 2 heterocycles. The Labute approximate surface area is 84.9 Å². The third-order valence-corrected chi connectivity index (χ3v) is 2.89. The molecule has 0 radical (unpaired) electrons. The van der Waals surface area contributed by atoms with E-state index in [0.717, 1.165) is 13.1 Å². The first kappa shape index (κ1) is 9.68. The first-order chi connectivity index (χ1) is 6.75. The van der Waals surface area contributed by atoms with Gasteiger partial charge in [-0.2, -0.15) is 5.10 Å². The fraction of sp³-hybridized carbons (Fsp3) is 0.700. The Kier molecular flexibility index (Phi) is 2.84. The van der Waals surface area contributed by atoms with Crippen LogP contribution < -0.4 is 5.32 Å². The fourth-order valence-corrected chi connectivity index (χ4v) is 1.93. The minimum atomic E-state index is 0.648. The van der Waals surface area contributed by atoms with Gasteiger partial charge in [-0.05, 0) is 26.1 Å². The zero-order chi connectivity index (χ0) is 9.97. The maximum absolute atomic E-state index is 4.14. The summed E-state index contributed by atoms with van der Waals surface area (Å²) >= 11 is 0. The van der Waals surface area contributed by atoms with E-state index >= 15 is 0 Å². The molecule has 1 aromatic heterocycles. The number of nitrogens with one attached hydrogen (secondary N) is 1. The Balaban J connectivity index is 1.80. The Bertz CT molecular complexity index is 294. The van der Waals surface area contributed by atoms with Gasteiger partial charge in [-0.25, -0.2) is 0 Å². The minimum absolute atomic E-state index is 0.648. The van der Waals surface area contributed by atoms with Crippen LogP contribution in [0.4, 0.5) is 0 Å². The Hall–Kier alpha value is -0.870. The van der Waals surface area contributed by atoms with E-state index in [9.17, 15) is 0 Å². The summed E-state index contributed by atoms with van der Waals surface area (Å²) in [4.78, 5) is 2.36. The Morgan fingerprint density at radius 3 is 3.00 bits per heavy atom. The van der Waals surface area contributed by atoms with Gasteiger partial charge in [0.15, 0.2) is 0 Å². The lowest BCUT2D eigenvalue weighted by Crippen LogP contribution is -2.31. The number of aryl methyl sites for hydroxylation is 1. The van der Waals surface area contributed by atoms with Gasteiger partial charge in [-0.1, -0.05) is 0 Å². The molecule has 0 saturated carbocycles. The van der Waals surface area contributed by atoms with Crippen LogP contribution in [0.5, 0.6) is 0 Å². The van der Waals surface area contributed by atoms with E-state index in [1.165, 1.54) is 18.7 Å². The number of hydrogen-bond acceptors (Lipinski definition) is 3. The van der Waals surface area contributed by atoms with Gasteiger partial charge in [0, 0.05) is 32.4 Å². The molecule has 1 fully saturated rings. The molecule has 1 saturated heterocycles. The molecule has 4 nitrogen and oxygen atoms in total. The summed E-state index contributed by atoms with van der Waals surface area (Å²) in [5, 5.41) is 7.70. The zero-order valence-corrected chi connectivity index (χ0v) is 8.90. The second kappa shape index (κ2) is 4.11. The smallest absolute Gasteiger partial charge is 0.0518 e. The van der Waals surface area contributed by atoms with Crippen molar-refractivity contribution in [2.45, 2.75) is 19.0 Å². The molecule has 1 aliphatic rings. The van der Waals surface area contributed by atoms with Gasteiger partial charge >= 0.3 is 0 Å². The van der Waals surface area contributed by atoms with Crippen LogP contribution in [0.1, 0.15) is 12.1 Å². The molecule has 0 aliphatic carbocycles. The van der Waals surface area contributed by atoms with Crippen molar-refractivity contribution in [3.8, 4) is 0 Å². The van der Waals surface area contributed by atoms with Crippen molar-refractivity contribution in [1.82, 2.24) is 20.0 Å². The molecular weight excluding hydrogens is 176 g/mol. The molecule has 0 bridgehead atoms. The number of aromatic nitrogens is 2. The van der Waals surface area contributed by atoms with Gasteiger partial charge in [-0.15, -0.1) is 0 Å². The quantitative estimate of drug-likeness (QED) is 0.747. The van der Waals surface area contributed by atoms with Crippen LogP contribution in [0.3, 0.4) is 0 Å². The monoisotopic (exact) mass is 194 g/mol. The van der Waals surface area contributed by atoms with Gasteiger partial charge < -0.3 is 10.2 Å². The first-order valence-electron chi connectivity index (χ1n) is 5.14. The molecule has 0 aromatic carbocycles. The normalized spacial score (nSPS) is 23.1. The number of likely N-dealkylation sites (tertiary alicyclic amines) is 1. The molecule has 0 spiro atoms. The number of rotatable bonds is 3. The third-order valence-electron chi connectivity index (χ3n) is 2.89. The van der Waals surface area contributed by atoms with Crippen LogP contribution in [0.15, 0.2) is 12.3 Å². The molecule has 1 N–H and O–H groups in total. The number of nitrogens with zero attached hydrogens (tertiary/aromatic N) is 3. The summed E-state index contributed by atoms with van der Waals surface area (Å²) in [6.07, 6.45) is 3.10. The Morgan fingerprint density at radius 2 is 2.43 bits per heavy atom. The summed E-state index contributed by atoms with van der Waals surface area (Å²) in [5.74, 6) is 0. The number of likely N-dealkylation sites (N-methyl/N-ethyl adjacent to an activating group) is 1. The van der Waals surface area contributed by atoms with Crippen LogP contribution in [0.25, 0.3) is 0 Å². The predicted octanol–water partition coefficient (Wildman–Crippen LogP) is 0.214. The van der Waals surface area contributed by atoms with Crippen LogP contribution in [0.2, 0.25) is 0 Å². The summed E-state index contributed by atoms with van der Waals surface area (Å²) in [6, 6.07) is 2.71. The Morgan fingerprint density at radius 1 is 1.57 bits per heavy atom. The summed E-state index contributed by atoms with van der Waals surface area (Å²) < 4.78 is 1.92. The lowest BCUT2D eigenvalue weighted by Gasteiger charge is -2.12. The predicted molar refractivity (Wildman–Crippen MR) is 55.9 cm³/mol. The highest BCUT2D eigenvalue weighted by Gasteiger charge is 2.18. The van der Waals surface area contributed by atoms with Gasteiger partial charge in [0.05, 0.1) is 5.69 Å². The van der Waals surface area contributed by atoms with Crippen molar-refractivity contribution in [2.24, 2.45) is 7.05 Å². The van der Waals surface area contributed by atoms with Crippen LogP contribution in [-0.2, 0) is 13.6 Å². The zero-order valence-electron chi connectivity index (χ0n) is 8.90. The van der Waals surface area contributed by atoms with Crippen molar-refractivity contribution in [3.63, 3.8) is 0 Å². The molecule has 1 atom stereocenters. The highest BCUT2D eigenvalue weighted by molar-refractivity contribution is 4.99. The second-order valence-electron chi connectivity index (χ2n) is 4.07. The van der Waals surface area contributed by atoms with Crippen molar-refractivity contribution >= 4 is 0 Å². The minimum Gasteiger partial charge on any atom is -0.307 e. The van der Waals surface area contributed by atoms with Crippen LogP contribution in [-0.4, -0.2) is 40.9 Å². The van der Waals surface area contributed by atoms with Crippen molar-refractivity contribution < 1.29 is 0 Å². The molecule has 14 heavy (non-hydrogen) atoms. The second-order valence-corrected chi connectivity index (χ2v) is 4.07. The van der Waals surface area contributed by atoms with E-state index in [1.807, 2.05) is 17.9 Å². The van der Waals surface area contributed by atoms with Gasteiger partial charge in [0.2, 0.25) is 0 Å². The van der Waals surface area contributed by atoms with E-state index in [-0.39, 0.29) is 0 Å².